The number of likely N-dealkylation sites (tertiary alicyclic amines) is 1. The van der Waals surface area contributed by atoms with Crippen molar-refractivity contribution in [2.45, 2.75) is 38.6 Å². The van der Waals surface area contributed by atoms with Gasteiger partial charge >= 0.3 is 12.0 Å². The molecule has 1 saturated heterocycles. The topological polar surface area (TPSA) is 69.6 Å². The predicted molar refractivity (Wildman–Crippen MR) is 76.8 cm³/mol. The Bertz CT molecular complexity index is 502. The minimum absolute atomic E-state index is 0.325. The molecule has 0 aromatic heterocycles. The zero-order chi connectivity index (χ0) is 14.5. The lowest BCUT2D eigenvalue weighted by Crippen LogP contribution is -2.46. The molecule has 1 aromatic carbocycles. The summed E-state index contributed by atoms with van der Waals surface area (Å²) >= 11 is 0. The minimum atomic E-state index is -0.924. The molecule has 0 radical (unpaired) electrons. The van der Waals surface area contributed by atoms with Crippen LogP contribution in [0, 0.1) is 6.92 Å². The molecule has 1 fully saturated rings. The van der Waals surface area contributed by atoms with Crippen molar-refractivity contribution in [1.29, 1.82) is 0 Å². The number of hydrogen-bond acceptors (Lipinski definition) is 2. The number of anilines is 1. The van der Waals surface area contributed by atoms with Crippen molar-refractivity contribution in [3.05, 3.63) is 29.8 Å². The van der Waals surface area contributed by atoms with Gasteiger partial charge in [0.05, 0.1) is 0 Å². The van der Waals surface area contributed by atoms with Crippen LogP contribution in [0.2, 0.25) is 0 Å². The van der Waals surface area contributed by atoms with E-state index < -0.39 is 12.0 Å². The maximum absolute atomic E-state index is 12.3. The van der Waals surface area contributed by atoms with Gasteiger partial charge in [-0.15, -0.1) is 0 Å². The third-order valence-corrected chi connectivity index (χ3v) is 3.69. The molecular formula is C15H20N2O3. The number of carboxylic acid groups (broad SMARTS) is 1. The highest BCUT2D eigenvalue weighted by atomic mass is 16.4. The third-order valence-electron chi connectivity index (χ3n) is 3.69. The molecule has 1 aliphatic rings. The highest BCUT2D eigenvalue weighted by Gasteiger charge is 2.30. The van der Waals surface area contributed by atoms with Crippen LogP contribution in [0.15, 0.2) is 24.3 Å². The van der Waals surface area contributed by atoms with Crippen LogP contribution >= 0.6 is 0 Å². The van der Waals surface area contributed by atoms with Crippen molar-refractivity contribution in [3.63, 3.8) is 0 Å². The fraction of sp³-hybridized carbons (Fsp3) is 0.467. The van der Waals surface area contributed by atoms with Crippen LogP contribution in [0.3, 0.4) is 0 Å². The minimum Gasteiger partial charge on any atom is -0.480 e. The number of nitrogens with zero attached hydrogens (tertiary/aromatic N) is 1. The van der Waals surface area contributed by atoms with Gasteiger partial charge in [-0.05, 0) is 31.4 Å². The van der Waals surface area contributed by atoms with E-state index in [9.17, 15) is 14.7 Å². The van der Waals surface area contributed by atoms with Crippen molar-refractivity contribution >= 4 is 17.7 Å². The van der Waals surface area contributed by atoms with Gasteiger partial charge in [0.15, 0.2) is 0 Å². The van der Waals surface area contributed by atoms with Crippen LogP contribution in [0.1, 0.15) is 31.2 Å². The van der Waals surface area contributed by atoms with Crippen LogP contribution in [-0.4, -0.2) is 34.6 Å². The van der Waals surface area contributed by atoms with Crippen LogP contribution in [0.5, 0.6) is 0 Å². The molecule has 1 atom stereocenters. The largest absolute Gasteiger partial charge is 0.480 e. The lowest BCUT2D eigenvalue weighted by atomic mass is 10.1. The maximum atomic E-state index is 12.3. The van der Waals surface area contributed by atoms with Gasteiger partial charge in [-0.25, -0.2) is 9.59 Å². The fourth-order valence-corrected chi connectivity index (χ4v) is 2.51. The van der Waals surface area contributed by atoms with Gasteiger partial charge in [0.2, 0.25) is 0 Å². The molecule has 2 N–H and O–H groups in total. The van der Waals surface area contributed by atoms with Gasteiger partial charge in [-0.3, -0.25) is 0 Å². The number of urea groups is 1. The summed E-state index contributed by atoms with van der Waals surface area (Å²) in [7, 11) is 0. The Morgan fingerprint density at radius 3 is 2.70 bits per heavy atom. The lowest BCUT2D eigenvalue weighted by Gasteiger charge is -2.27. The maximum Gasteiger partial charge on any atom is 0.326 e. The first-order chi connectivity index (χ1) is 9.59. The number of aliphatic carboxylic acids is 1. The molecule has 2 amide bonds. The average Bonchev–Trinajstić information content (AvgIpc) is 2.67. The van der Waals surface area contributed by atoms with E-state index in [0.29, 0.717) is 13.0 Å². The number of rotatable bonds is 2. The van der Waals surface area contributed by atoms with E-state index in [1.807, 2.05) is 31.2 Å². The molecule has 108 valence electrons. The van der Waals surface area contributed by atoms with Crippen LogP contribution in [0.4, 0.5) is 10.5 Å². The normalized spacial score (nSPS) is 19.2. The van der Waals surface area contributed by atoms with E-state index in [-0.39, 0.29) is 6.03 Å². The molecule has 1 aromatic rings. The number of carbonyl (C=O) groups excluding carboxylic acids is 1. The number of carboxylic acids is 1. The van der Waals surface area contributed by atoms with Crippen molar-refractivity contribution in [2.24, 2.45) is 0 Å². The molecule has 2 rings (SSSR count). The smallest absolute Gasteiger partial charge is 0.326 e. The van der Waals surface area contributed by atoms with E-state index in [1.165, 1.54) is 4.90 Å². The number of amides is 2. The third kappa shape index (κ3) is 3.29. The van der Waals surface area contributed by atoms with Crippen molar-refractivity contribution in [3.8, 4) is 0 Å². The summed E-state index contributed by atoms with van der Waals surface area (Å²) in [5.74, 6) is -0.924. The Morgan fingerprint density at radius 1 is 1.25 bits per heavy atom. The van der Waals surface area contributed by atoms with Gasteiger partial charge in [-0.2, -0.15) is 0 Å². The first-order valence-corrected chi connectivity index (χ1v) is 6.95. The molecule has 1 aliphatic heterocycles. The first kappa shape index (κ1) is 14.4. The number of aryl methyl sites for hydroxylation is 1. The average molecular weight is 276 g/mol. The van der Waals surface area contributed by atoms with Crippen LogP contribution in [-0.2, 0) is 4.79 Å². The number of carbonyl (C=O) groups is 2. The molecule has 0 bridgehead atoms. The fourth-order valence-electron chi connectivity index (χ4n) is 2.51. The molecule has 0 aliphatic carbocycles. The van der Waals surface area contributed by atoms with E-state index >= 15 is 0 Å². The van der Waals surface area contributed by atoms with Gasteiger partial charge in [0, 0.05) is 12.2 Å². The zero-order valence-corrected chi connectivity index (χ0v) is 11.6. The van der Waals surface area contributed by atoms with Gasteiger partial charge in [-0.1, -0.05) is 31.0 Å². The van der Waals surface area contributed by atoms with Crippen molar-refractivity contribution in [1.82, 2.24) is 4.90 Å². The number of benzene rings is 1. The van der Waals surface area contributed by atoms with E-state index in [2.05, 4.69) is 5.32 Å². The number of nitrogens with one attached hydrogen (secondary N) is 1. The van der Waals surface area contributed by atoms with E-state index in [0.717, 1.165) is 30.5 Å². The van der Waals surface area contributed by atoms with Gasteiger partial charge in [0.25, 0.3) is 0 Å². The van der Waals surface area contributed by atoms with Crippen LogP contribution < -0.4 is 5.32 Å². The van der Waals surface area contributed by atoms with Crippen LogP contribution in [0.25, 0.3) is 0 Å². The van der Waals surface area contributed by atoms with Gasteiger partial charge < -0.3 is 15.3 Å². The Morgan fingerprint density at radius 2 is 2.00 bits per heavy atom. The van der Waals surface area contributed by atoms with E-state index in [1.54, 1.807) is 0 Å². The highest BCUT2D eigenvalue weighted by molar-refractivity contribution is 5.93. The standard InChI is InChI=1S/C15H20N2O3/c1-11-7-4-5-8-12(11)16-15(20)17-10-6-2-3-9-13(17)14(18)19/h4-5,7-8,13H,2-3,6,9-10H2,1H3,(H,16,20)(H,18,19). The summed E-state index contributed by atoms with van der Waals surface area (Å²) in [6.07, 6.45) is 3.20. The molecule has 20 heavy (non-hydrogen) atoms. The van der Waals surface area contributed by atoms with Crippen molar-refractivity contribution < 1.29 is 14.7 Å². The highest BCUT2D eigenvalue weighted by Crippen LogP contribution is 2.20. The summed E-state index contributed by atoms with van der Waals surface area (Å²) in [5, 5.41) is 12.1. The Kier molecular flexibility index (Phi) is 4.61. The second-order valence-corrected chi connectivity index (χ2v) is 5.14. The molecule has 1 unspecified atom stereocenters. The summed E-state index contributed by atoms with van der Waals surface area (Å²) < 4.78 is 0. The second kappa shape index (κ2) is 6.41. The molecular weight excluding hydrogens is 256 g/mol. The number of hydrogen-bond donors (Lipinski definition) is 2. The summed E-state index contributed by atoms with van der Waals surface area (Å²) in [6, 6.07) is 6.43. The Hall–Kier alpha value is -2.04. The Balaban J connectivity index is 2.13. The Labute approximate surface area is 118 Å². The molecule has 0 spiro atoms. The predicted octanol–water partition coefficient (Wildman–Crippen LogP) is 2.86. The lowest BCUT2D eigenvalue weighted by molar-refractivity contribution is -0.142. The molecule has 1 heterocycles. The number of para-hydroxylation sites is 1. The zero-order valence-electron chi connectivity index (χ0n) is 11.6. The molecule has 5 nitrogen and oxygen atoms in total. The molecule has 0 saturated carbocycles. The molecule has 5 heteroatoms. The summed E-state index contributed by atoms with van der Waals surface area (Å²) in [6.45, 7) is 2.40. The monoisotopic (exact) mass is 276 g/mol. The summed E-state index contributed by atoms with van der Waals surface area (Å²) in [4.78, 5) is 25.1. The van der Waals surface area contributed by atoms with Crippen molar-refractivity contribution in [2.75, 3.05) is 11.9 Å². The van der Waals surface area contributed by atoms with Gasteiger partial charge in [0.1, 0.15) is 6.04 Å². The quantitative estimate of drug-likeness (QED) is 0.872. The SMILES string of the molecule is Cc1ccccc1NC(=O)N1CCCCCC1C(=O)O. The second-order valence-electron chi connectivity index (χ2n) is 5.14. The first-order valence-electron chi connectivity index (χ1n) is 6.95. The van der Waals surface area contributed by atoms with E-state index in [4.69, 9.17) is 0 Å². The summed E-state index contributed by atoms with van der Waals surface area (Å²) in [5.41, 5.74) is 1.69.